The normalized spacial score (nSPS) is 10.2. The zero-order chi connectivity index (χ0) is 14.7. The molecular weight excluding hydrogens is 308 g/mol. The van der Waals surface area contributed by atoms with Crippen LogP contribution in [0.5, 0.6) is 11.5 Å². The molecule has 0 spiro atoms. The van der Waals surface area contributed by atoms with Crippen molar-refractivity contribution in [1.82, 2.24) is 9.97 Å². The molecule has 1 heterocycles. The van der Waals surface area contributed by atoms with Gasteiger partial charge in [-0.2, -0.15) is 4.98 Å². The van der Waals surface area contributed by atoms with E-state index < -0.39 is 5.82 Å². The second kappa shape index (κ2) is 6.11. The number of hydrogen-bond donors (Lipinski definition) is 1. The number of ether oxygens (including phenoxy) is 2. The van der Waals surface area contributed by atoms with Crippen LogP contribution >= 0.6 is 23.2 Å². The Balaban J connectivity index is 2.44. The van der Waals surface area contributed by atoms with E-state index in [1.165, 1.54) is 14.2 Å². The number of anilines is 2. The van der Waals surface area contributed by atoms with Gasteiger partial charge in [-0.3, -0.25) is 0 Å². The van der Waals surface area contributed by atoms with E-state index in [2.05, 4.69) is 15.3 Å². The number of benzene rings is 1. The number of rotatable bonds is 4. The first-order chi connectivity index (χ1) is 9.55. The molecule has 2 rings (SSSR count). The third-order valence-corrected chi connectivity index (χ3v) is 2.92. The highest BCUT2D eigenvalue weighted by molar-refractivity contribution is 6.32. The van der Waals surface area contributed by atoms with Gasteiger partial charge in [0.2, 0.25) is 5.28 Å². The fraction of sp³-hybridized carbons (Fsp3) is 0.167. The van der Waals surface area contributed by atoms with E-state index >= 15 is 0 Å². The summed E-state index contributed by atoms with van der Waals surface area (Å²) in [6.45, 7) is 0. The monoisotopic (exact) mass is 317 g/mol. The summed E-state index contributed by atoms with van der Waals surface area (Å²) in [6.07, 6.45) is 0.970. The van der Waals surface area contributed by atoms with E-state index in [9.17, 15) is 4.39 Å². The Morgan fingerprint density at radius 2 is 1.85 bits per heavy atom. The summed E-state index contributed by atoms with van der Waals surface area (Å²) in [4.78, 5) is 7.29. The first-order valence-electron chi connectivity index (χ1n) is 5.41. The Labute approximate surface area is 124 Å². The SMILES string of the molecule is COc1cc(Nc2nc(Cl)ncc2F)c(OC)cc1Cl. The average Bonchev–Trinajstić information content (AvgIpc) is 2.44. The van der Waals surface area contributed by atoms with Crippen molar-refractivity contribution in [3.8, 4) is 11.5 Å². The topological polar surface area (TPSA) is 56.3 Å². The van der Waals surface area contributed by atoms with Crippen LogP contribution in [0.25, 0.3) is 0 Å². The highest BCUT2D eigenvalue weighted by Crippen LogP contribution is 2.37. The molecule has 1 aromatic carbocycles. The largest absolute Gasteiger partial charge is 0.495 e. The van der Waals surface area contributed by atoms with Crippen LogP contribution in [0.2, 0.25) is 10.3 Å². The third kappa shape index (κ3) is 3.02. The molecule has 0 radical (unpaired) electrons. The van der Waals surface area contributed by atoms with Crippen LogP contribution in [0.4, 0.5) is 15.9 Å². The Kier molecular flexibility index (Phi) is 4.46. The minimum Gasteiger partial charge on any atom is -0.495 e. The fourth-order valence-electron chi connectivity index (χ4n) is 1.52. The summed E-state index contributed by atoms with van der Waals surface area (Å²) in [5, 5.41) is 3.06. The molecule has 0 bridgehead atoms. The number of aromatic nitrogens is 2. The Morgan fingerprint density at radius 1 is 1.15 bits per heavy atom. The molecule has 0 aliphatic carbocycles. The zero-order valence-corrected chi connectivity index (χ0v) is 12.1. The van der Waals surface area contributed by atoms with Gasteiger partial charge in [-0.05, 0) is 11.6 Å². The standard InChI is InChI=1S/C12H10Cl2FN3O2/c1-19-9-4-8(10(20-2)3-6(9)13)17-11-7(15)5-16-12(14)18-11/h3-5H,1-2H3,(H,16,17,18). The minimum absolute atomic E-state index is 0.0752. The number of halogens is 3. The molecule has 0 aliphatic heterocycles. The molecule has 20 heavy (non-hydrogen) atoms. The average molecular weight is 318 g/mol. The van der Waals surface area contributed by atoms with Gasteiger partial charge in [-0.1, -0.05) is 11.6 Å². The minimum atomic E-state index is -0.648. The lowest BCUT2D eigenvalue weighted by atomic mass is 10.2. The van der Waals surface area contributed by atoms with Crippen LogP contribution in [-0.4, -0.2) is 24.2 Å². The molecule has 5 nitrogen and oxygen atoms in total. The van der Waals surface area contributed by atoms with Crippen molar-refractivity contribution in [2.75, 3.05) is 19.5 Å². The lowest BCUT2D eigenvalue weighted by Gasteiger charge is -2.13. The summed E-state index contributed by atoms with van der Waals surface area (Å²) in [5.74, 6) is 0.0958. The molecule has 0 amide bonds. The van der Waals surface area contributed by atoms with Crippen LogP contribution < -0.4 is 14.8 Å². The second-order valence-electron chi connectivity index (χ2n) is 3.65. The van der Waals surface area contributed by atoms with Crippen molar-refractivity contribution in [1.29, 1.82) is 0 Å². The van der Waals surface area contributed by atoms with E-state index in [4.69, 9.17) is 32.7 Å². The third-order valence-electron chi connectivity index (χ3n) is 2.44. The lowest BCUT2D eigenvalue weighted by molar-refractivity contribution is 0.405. The smallest absolute Gasteiger partial charge is 0.224 e. The van der Waals surface area contributed by atoms with E-state index in [0.29, 0.717) is 22.2 Å². The van der Waals surface area contributed by atoms with E-state index in [1.54, 1.807) is 12.1 Å². The van der Waals surface area contributed by atoms with Crippen LogP contribution in [0.15, 0.2) is 18.3 Å². The highest BCUT2D eigenvalue weighted by atomic mass is 35.5. The van der Waals surface area contributed by atoms with Gasteiger partial charge in [-0.25, -0.2) is 9.37 Å². The number of nitrogens with one attached hydrogen (secondary N) is 1. The van der Waals surface area contributed by atoms with E-state index in [1.807, 2.05) is 0 Å². The molecule has 0 fully saturated rings. The van der Waals surface area contributed by atoms with Gasteiger partial charge in [0, 0.05) is 12.1 Å². The second-order valence-corrected chi connectivity index (χ2v) is 4.39. The highest BCUT2D eigenvalue weighted by Gasteiger charge is 2.13. The molecule has 1 N–H and O–H groups in total. The van der Waals surface area contributed by atoms with Gasteiger partial charge in [0.05, 0.1) is 31.1 Å². The molecule has 0 unspecified atom stereocenters. The molecule has 2 aromatic rings. The maximum absolute atomic E-state index is 13.6. The fourth-order valence-corrected chi connectivity index (χ4v) is 1.88. The summed E-state index contributed by atoms with van der Waals surface area (Å²) in [7, 11) is 2.94. The van der Waals surface area contributed by atoms with E-state index in [-0.39, 0.29) is 11.1 Å². The van der Waals surface area contributed by atoms with Crippen molar-refractivity contribution >= 4 is 34.7 Å². The van der Waals surface area contributed by atoms with Gasteiger partial charge >= 0.3 is 0 Å². The first-order valence-corrected chi connectivity index (χ1v) is 6.17. The van der Waals surface area contributed by atoms with Gasteiger partial charge < -0.3 is 14.8 Å². The molecule has 0 saturated carbocycles. The Morgan fingerprint density at radius 3 is 2.50 bits per heavy atom. The summed E-state index contributed by atoms with van der Waals surface area (Å²) >= 11 is 11.6. The zero-order valence-electron chi connectivity index (χ0n) is 10.6. The predicted molar refractivity (Wildman–Crippen MR) is 74.8 cm³/mol. The maximum Gasteiger partial charge on any atom is 0.224 e. The van der Waals surface area contributed by atoms with Crippen molar-refractivity contribution < 1.29 is 13.9 Å². The molecular formula is C12H10Cl2FN3O2. The number of hydrogen-bond acceptors (Lipinski definition) is 5. The number of methoxy groups -OCH3 is 2. The van der Waals surface area contributed by atoms with Crippen molar-refractivity contribution in [3.63, 3.8) is 0 Å². The van der Waals surface area contributed by atoms with Crippen molar-refractivity contribution in [2.45, 2.75) is 0 Å². The Hall–Kier alpha value is -1.79. The number of nitrogens with zero attached hydrogens (tertiary/aromatic N) is 2. The van der Waals surface area contributed by atoms with Crippen LogP contribution in [0.1, 0.15) is 0 Å². The lowest BCUT2D eigenvalue weighted by Crippen LogP contribution is -2.01. The van der Waals surface area contributed by atoms with Crippen LogP contribution in [-0.2, 0) is 0 Å². The summed E-state index contributed by atoms with van der Waals surface area (Å²) in [5.41, 5.74) is 0.433. The van der Waals surface area contributed by atoms with Crippen molar-refractivity contribution in [3.05, 3.63) is 34.5 Å². The van der Waals surface area contributed by atoms with Crippen LogP contribution in [0, 0.1) is 5.82 Å². The van der Waals surface area contributed by atoms with Crippen LogP contribution in [0.3, 0.4) is 0 Å². The molecule has 0 aliphatic rings. The molecule has 106 valence electrons. The van der Waals surface area contributed by atoms with Gasteiger partial charge in [0.1, 0.15) is 11.5 Å². The summed E-state index contributed by atoms with van der Waals surface area (Å²) < 4.78 is 23.9. The van der Waals surface area contributed by atoms with Gasteiger partial charge in [-0.15, -0.1) is 0 Å². The van der Waals surface area contributed by atoms with Gasteiger partial charge in [0.15, 0.2) is 11.6 Å². The molecule has 8 heteroatoms. The van der Waals surface area contributed by atoms with E-state index in [0.717, 1.165) is 6.20 Å². The van der Waals surface area contributed by atoms with Gasteiger partial charge in [0.25, 0.3) is 0 Å². The molecule has 1 aromatic heterocycles. The molecule has 0 saturated heterocycles. The Bertz CT molecular complexity index is 640. The summed E-state index contributed by atoms with van der Waals surface area (Å²) in [6, 6.07) is 3.11. The quantitative estimate of drug-likeness (QED) is 0.872. The predicted octanol–water partition coefficient (Wildman–Crippen LogP) is 3.68. The maximum atomic E-state index is 13.6. The molecule has 0 atom stereocenters. The first kappa shape index (κ1) is 14.6. The van der Waals surface area contributed by atoms with Crippen molar-refractivity contribution in [2.24, 2.45) is 0 Å².